The number of anilines is 2. The summed E-state index contributed by atoms with van der Waals surface area (Å²) in [4.78, 5) is 18.3. The minimum absolute atomic E-state index is 0.0203. The predicted molar refractivity (Wildman–Crippen MR) is 86.4 cm³/mol. The predicted octanol–water partition coefficient (Wildman–Crippen LogP) is 3.03. The maximum atomic E-state index is 12.1. The van der Waals surface area contributed by atoms with Crippen LogP contribution >= 0.6 is 0 Å². The van der Waals surface area contributed by atoms with Gasteiger partial charge >= 0.3 is 0 Å². The lowest BCUT2D eigenvalue weighted by atomic mass is 10.1. The smallest absolute Gasteiger partial charge is 0.257 e. The Morgan fingerprint density at radius 2 is 1.82 bits per heavy atom. The number of pyridine rings is 1. The standard InChI is InChI=1S/C17H19N3O2/c21-16-10-13(11-18-12-16)17(22)19-14-4-6-15(7-5-14)20-8-2-1-3-9-20/h4-7,10-12,21H,1-3,8-9H2,(H,19,22). The zero-order valence-electron chi connectivity index (χ0n) is 12.3. The van der Waals surface area contributed by atoms with Gasteiger partial charge in [-0.25, -0.2) is 0 Å². The molecule has 0 spiro atoms. The number of carbonyl (C=O) groups excluding carboxylic acids is 1. The summed E-state index contributed by atoms with van der Waals surface area (Å²) in [6, 6.07) is 9.25. The number of amides is 1. The summed E-state index contributed by atoms with van der Waals surface area (Å²) >= 11 is 0. The molecule has 1 aromatic heterocycles. The number of nitrogens with zero attached hydrogens (tertiary/aromatic N) is 2. The van der Waals surface area contributed by atoms with Crippen LogP contribution in [-0.2, 0) is 0 Å². The van der Waals surface area contributed by atoms with Gasteiger partial charge in [0, 0.05) is 30.7 Å². The highest BCUT2D eigenvalue weighted by Crippen LogP contribution is 2.22. The van der Waals surface area contributed by atoms with Crippen LogP contribution in [0.2, 0.25) is 0 Å². The van der Waals surface area contributed by atoms with Gasteiger partial charge in [-0.05, 0) is 49.6 Å². The molecule has 2 heterocycles. The van der Waals surface area contributed by atoms with Crippen LogP contribution < -0.4 is 10.2 Å². The number of benzene rings is 1. The van der Waals surface area contributed by atoms with E-state index in [4.69, 9.17) is 0 Å². The Bertz CT molecular complexity index is 649. The Morgan fingerprint density at radius 3 is 2.50 bits per heavy atom. The van der Waals surface area contributed by atoms with Gasteiger partial charge in [0.05, 0.1) is 11.8 Å². The Hall–Kier alpha value is -2.56. The molecule has 1 saturated heterocycles. The van der Waals surface area contributed by atoms with Crippen molar-refractivity contribution in [2.45, 2.75) is 19.3 Å². The van der Waals surface area contributed by atoms with E-state index in [1.165, 1.54) is 43.4 Å². The summed E-state index contributed by atoms with van der Waals surface area (Å²) in [6.07, 6.45) is 6.51. The molecule has 22 heavy (non-hydrogen) atoms. The summed E-state index contributed by atoms with van der Waals surface area (Å²) < 4.78 is 0. The molecule has 1 aliphatic rings. The van der Waals surface area contributed by atoms with E-state index in [-0.39, 0.29) is 11.7 Å². The first-order valence-electron chi connectivity index (χ1n) is 7.53. The highest BCUT2D eigenvalue weighted by Gasteiger charge is 2.11. The lowest BCUT2D eigenvalue weighted by Gasteiger charge is -2.28. The Labute approximate surface area is 129 Å². The molecule has 2 aromatic rings. The Balaban J connectivity index is 1.66. The number of piperidine rings is 1. The number of carbonyl (C=O) groups is 1. The van der Waals surface area contributed by atoms with E-state index < -0.39 is 0 Å². The lowest BCUT2D eigenvalue weighted by Crippen LogP contribution is -2.29. The molecule has 1 amide bonds. The largest absolute Gasteiger partial charge is 0.506 e. The third-order valence-corrected chi connectivity index (χ3v) is 3.83. The van der Waals surface area contributed by atoms with Gasteiger partial charge in [0.15, 0.2) is 0 Å². The molecule has 1 aromatic carbocycles. The molecule has 1 aliphatic heterocycles. The van der Waals surface area contributed by atoms with Gasteiger partial charge in [-0.15, -0.1) is 0 Å². The number of aromatic nitrogens is 1. The van der Waals surface area contributed by atoms with Crippen LogP contribution in [0.15, 0.2) is 42.7 Å². The third kappa shape index (κ3) is 3.36. The van der Waals surface area contributed by atoms with Crippen LogP contribution in [0.4, 0.5) is 11.4 Å². The lowest BCUT2D eigenvalue weighted by molar-refractivity contribution is 0.102. The molecule has 114 valence electrons. The monoisotopic (exact) mass is 297 g/mol. The van der Waals surface area contributed by atoms with Crippen LogP contribution in [-0.4, -0.2) is 29.1 Å². The third-order valence-electron chi connectivity index (χ3n) is 3.83. The molecule has 0 radical (unpaired) electrons. The molecule has 1 fully saturated rings. The highest BCUT2D eigenvalue weighted by atomic mass is 16.3. The summed E-state index contributed by atoms with van der Waals surface area (Å²) in [5, 5.41) is 12.2. The summed E-state index contributed by atoms with van der Waals surface area (Å²) in [5.41, 5.74) is 2.26. The zero-order chi connectivity index (χ0) is 15.4. The maximum Gasteiger partial charge on any atom is 0.257 e. The van der Waals surface area contributed by atoms with Crippen molar-refractivity contribution in [3.05, 3.63) is 48.3 Å². The van der Waals surface area contributed by atoms with E-state index in [0.717, 1.165) is 18.8 Å². The van der Waals surface area contributed by atoms with Crippen molar-refractivity contribution in [2.75, 3.05) is 23.3 Å². The van der Waals surface area contributed by atoms with Gasteiger partial charge in [-0.3, -0.25) is 9.78 Å². The summed E-state index contributed by atoms with van der Waals surface area (Å²) in [6.45, 7) is 2.20. The SMILES string of the molecule is O=C(Nc1ccc(N2CCCCC2)cc1)c1cncc(O)c1. The molecule has 3 rings (SSSR count). The van der Waals surface area contributed by atoms with Crippen molar-refractivity contribution in [3.8, 4) is 5.75 Å². The molecule has 2 N–H and O–H groups in total. The van der Waals surface area contributed by atoms with Gasteiger partial charge in [0.1, 0.15) is 5.75 Å². The fourth-order valence-corrected chi connectivity index (χ4v) is 2.66. The minimum Gasteiger partial charge on any atom is -0.506 e. The van der Waals surface area contributed by atoms with Crippen molar-refractivity contribution in [3.63, 3.8) is 0 Å². The van der Waals surface area contributed by atoms with Gasteiger partial charge in [-0.2, -0.15) is 0 Å². The van der Waals surface area contributed by atoms with Crippen molar-refractivity contribution in [1.29, 1.82) is 0 Å². The number of aromatic hydroxyl groups is 1. The molecular weight excluding hydrogens is 278 g/mol. The minimum atomic E-state index is -0.283. The van der Waals surface area contributed by atoms with Gasteiger partial charge in [0.25, 0.3) is 5.91 Å². The quantitative estimate of drug-likeness (QED) is 0.914. The van der Waals surface area contributed by atoms with E-state index >= 15 is 0 Å². The van der Waals surface area contributed by atoms with Crippen LogP contribution in [0.25, 0.3) is 0 Å². The van der Waals surface area contributed by atoms with Gasteiger partial charge in [-0.1, -0.05) is 0 Å². The summed E-state index contributed by atoms with van der Waals surface area (Å²) in [5.74, 6) is -0.304. The Morgan fingerprint density at radius 1 is 1.09 bits per heavy atom. The molecule has 5 heteroatoms. The zero-order valence-corrected chi connectivity index (χ0v) is 12.3. The first kappa shape index (κ1) is 14.4. The number of nitrogens with one attached hydrogen (secondary N) is 1. The summed E-state index contributed by atoms with van der Waals surface area (Å²) in [7, 11) is 0. The molecule has 5 nitrogen and oxygen atoms in total. The van der Waals surface area contributed by atoms with Crippen molar-refractivity contribution in [2.24, 2.45) is 0 Å². The van der Waals surface area contributed by atoms with Crippen LogP contribution in [0.5, 0.6) is 5.75 Å². The van der Waals surface area contributed by atoms with Crippen molar-refractivity contribution >= 4 is 17.3 Å². The number of hydrogen-bond donors (Lipinski definition) is 2. The normalized spacial score (nSPS) is 14.6. The van der Waals surface area contributed by atoms with E-state index in [1.807, 2.05) is 24.3 Å². The average Bonchev–Trinajstić information content (AvgIpc) is 2.56. The average molecular weight is 297 g/mol. The molecule has 0 bridgehead atoms. The highest BCUT2D eigenvalue weighted by molar-refractivity contribution is 6.04. The van der Waals surface area contributed by atoms with E-state index in [1.54, 1.807) is 0 Å². The van der Waals surface area contributed by atoms with Crippen LogP contribution in [0, 0.1) is 0 Å². The fraction of sp³-hybridized carbons (Fsp3) is 0.294. The van der Waals surface area contributed by atoms with Crippen LogP contribution in [0.3, 0.4) is 0 Å². The van der Waals surface area contributed by atoms with E-state index in [2.05, 4.69) is 15.2 Å². The molecule has 0 atom stereocenters. The molecule has 0 aliphatic carbocycles. The first-order valence-corrected chi connectivity index (χ1v) is 7.53. The molecule has 0 saturated carbocycles. The second kappa shape index (κ2) is 6.47. The fourth-order valence-electron chi connectivity index (χ4n) is 2.66. The molecular formula is C17H19N3O2. The number of hydrogen-bond acceptors (Lipinski definition) is 4. The van der Waals surface area contributed by atoms with Gasteiger partial charge < -0.3 is 15.3 Å². The molecule has 0 unspecified atom stereocenters. The van der Waals surface area contributed by atoms with Crippen molar-refractivity contribution in [1.82, 2.24) is 4.98 Å². The van der Waals surface area contributed by atoms with E-state index in [0.29, 0.717) is 5.56 Å². The second-order valence-corrected chi connectivity index (χ2v) is 5.48. The van der Waals surface area contributed by atoms with E-state index in [9.17, 15) is 9.90 Å². The topological polar surface area (TPSA) is 65.5 Å². The van der Waals surface area contributed by atoms with Crippen molar-refractivity contribution < 1.29 is 9.90 Å². The first-order chi connectivity index (χ1) is 10.7. The Kier molecular flexibility index (Phi) is 4.23. The second-order valence-electron chi connectivity index (χ2n) is 5.48. The van der Waals surface area contributed by atoms with Crippen LogP contribution in [0.1, 0.15) is 29.6 Å². The number of rotatable bonds is 3. The maximum absolute atomic E-state index is 12.1. The van der Waals surface area contributed by atoms with Gasteiger partial charge in [0.2, 0.25) is 0 Å².